The van der Waals surface area contributed by atoms with Crippen LogP contribution in [0.5, 0.6) is 0 Å². The van der Waals surface area contributed by atoms with Crippen molar-refractivity contribution in [1.82, 2.24) is 9.78 Å². The van der Waals surface area contributed by atoms with E-state index in [0.29, 0.717) is 26.1 Å². The highest BCUT2D eigenvalue weighted by Gasteiger charge is 2.11. The highest BCUT2D eigenvalue weighted by atomic mass is 16.5. The number of hydrogen-bond donors (Lipinski definition) is 1. The van der Waals surface area contributed by atoms with E-state index in [1.54, 1.807) is 0 Å². The molecule has 1 rings (SSSR count). The summed E-state index contributed by atoms with van der Waals surface area (Å²) in [5.41, 5.74) is 2.22. The third-order valence-electron chi connectivity index (χ3n) is 2.82. The van der Waals surface area contributed by atoms with Crippen LogP contribution in [0.4, 0.5) is 0 Å². The molecule has 0 radical (unpaired) electrons. The summed E-state index contributed by atoms with van der Waals surface area (Å²) < 4.78 is 7.22. The van der Waals surface area contributed by atoms with Crippen LogP contribution >= 0.6 is 0 Å². The van der Waals surface area contributed by atoms with Crippen molar-refractivity contribution in [3.8, 4) is 0 Å². The van der Waals surface area contributed by atoms with Crippen LogP contribution in [-0.4, -0.2) is 34.2 Å². The highest BCUT2D eigenvalue weighted by molar-refractivity contribution is 5.11. The van der Waals surface area contributed by atoms with Crippen molar-refractivity contribution in [3.63, 3.8) is 0 Å². The van der Waals surface area contributed by atoms with E-state index in [9.17, 15) is 5.11 Å². The molecule has 0 aliphatic carbocycles. The lowest BCUT2D eigenvalue weighted by Gasteiger charge is -2.11. The van der Waals surface area contributed by atoms with Gasteiger partial charge in [-0.15, -0.1) is 0 Å². The smallest absolute Gasteiger partial charge is 0.0624 e. The van der Waals surface area contributed by atoms with E-state index in [1.165, 1.54) is 0 Å². The highest BCUT2D eigenvalue weighted by Crippen LogP contribution is 2.10. The predicted octanol–water partition coefficient (Wildman–Crippen LogP) is 1.80. The van der Waals surface area contributed by atoms with Crippen molar-refractivity contribution in [2.45, 2.75) is 52.7 Å². The zero-order valence-electron chi connectivity index (χ0n) is 11.1. The number of aryl methyl sites for hydroxylation is 2. The Balaban J connectivity index is 2.51. The van der Waals surface area contributed by atoms with Crippen molar-refractivity contribution in [1.29, 1.82) is 0 Å². The van der Waals surface area contributed by atoms with Crippen molar-refractivity contribution in [2.75, 3.05) is 13.2 Å². The first-order valence-corrected chi connectivity index (χ1v) is 6.52. The standard InChI is InChI=1S/C13H24N2O2/c1-4-11-9-12(15(5-2)14-11)10-13(16)7-8-17-6-3/h9,13,16H,4-8,10H2,1-3H3. The Bertz CT molecular complexity index is 323. The average molecular weight is 240 g/mol. The zero-order chi connectivity index (χ0) is 12.7. The molecular weight excluding hydrogens is 216 g/mol. The topological polar surface area (TPSA) is 47.3 Å². The molecule has 1 aromatic heterocycles. The monoisotopic (exact) mass is 240 g/mol. The SMILES string of the molecule is CCOCCC(O)Cc1cc(CC)nn1CC. The van der Waals surface area contributed by atoms with E-state index in [2.05, 4.69) is 25.0 Å². The Morgan fingerprint density at radius 1 is 1.41 bits per heavy atom. The Kier molecular flexibility index (Phi) is 6.22. The Morgan fingerprint density at radius 2 is 2.18 bits per heavy atom. The molecule has 1 heterocycles. The molecule has 1 N–H and O–H groups in total. The van der Waals surface area contributed by atoms with Gasteiger partial charge in [0.1, 0.15) is 0 Å². The molecule has 0 aromatic carbocycles. The van der Waals surface area contributed by atoms with Gasteiger partial charge in [0.15, 0.2) is 0 Å². The minimum Gasteiger partial charge on any atom is -0.393 e. The molecule has 1 unspecified atom stereocenters. The normalized spacial score (nSPS) is 12.9. The molecule has 0 fully saturated rings. The number of ether oxygens (including phenoxy) is 1. The number of rotatable bonds is 8. The maximum Gasteiger partial charge on any atom is 0.0624 e. The number of nitrogens with zero attached hydrogens (tertiary/aromatic N) is 2. The summed E-state index contributed by atoms with van der Waals surface area (Å²) in [5, 5.41) is 14.4. The van der Waals surface area contributed by atoms with Gasteiger partial charge in [-0.2, -0.15) is 5.10 Å². The number of aliphatic hydroxyl groups is 1. The summed E-state index contributed by atoms with van der Waals surface area (Å²) in [6.07, 6.45) is 1.95. The summed E-state index contributed by atoms with van der Waals surface area (Å²) >= 11 is 0. The van der Waals surface area contributed by atoms with E-state index in [-0.39, 0.29) is 6.10 Å². The Hall–Kier alpha value is -0.870. The number of hydrogen-bond acceptors (Lipinski definition) is 3. The molecule has 0 aliphatic rings. The zero-order valence-corrected chi connectivity index (χ0v) is 11.1. The van der Waals surface area contributed by atoms with Crippen LogP contribution < -0.4 is 0 Å². The molecular formula is C13H24N2O2. The van der Waals surface area contributed by atoms with Crippen molar-refractivity contribution in [2.24, 2.45) is 0 Å². The second-order valence-electron chi connectivity index (χ2n) is 4.14. The molecule has 17 heavy (non-hydrogen) atoms. The molecule has 0 saturated heterocycles. The summed E-state index contributed by atoms with van der Waals surface area (Å²) in [5.74, 6) is 0. The summed E-state index contributed by atoms with van der Waals surface area (Å²) in [6, 6.07) is 2.09. The fraction of sp³-hybridized carbons (Fsp3) is 0.769. The molecule has 98 valence electrons. The summed E-state index contributed by atoms with van der Waals surface area (Å²) in [6.45, 7) is 8.32. The van der Waals surface area contributed by atoms with Gasteiger partial charge in [-0.25, -0.2) is 0 Å². The average Bonchev–Trinajstić information content (AvgIpc) is 2.71. The lowest BCUT2D eigenvalue weighted by atomic mass is 10.1. The lowest BCUT2D eigenvalue weighted by Crippen LogP contribution is -2.16. The van der Waals surface area contributed by atoms with Crippen LogP contribution in [-0.2, 0) is 24.1 Å². The molecule has 0 aliphatic heterocycles. The maximum atomic E-state index is 9.91. The minimum atomic E-state index is -0.340. The van der Waals surface area contributed by atoms with Gasteiger partial charge < -0.3 is 9.84 Å². The van der Waals surface area contributed by atoms with Crippen molar-refractivity contribution in [3.05, 3.63) is 17.5 Å². The summed E-state index contributed by atoms with van der Waals surface area (Å²) in [7, 11) is 0. The number of aliphatic hydroxyl groups excluding tert-OH is 1. The quantitative estimate of drug-likeness (QED) is 0.705. The first-order chi connectivity index (χ1) is 8.21. The molecule has 0 bridgehead atoms. The second kappa shape index (κ2) is 7.45. The van der Waals surface area contributed by atoms with Gasteiger partial charge in [0.05, 0.1) is 11.8 Å². The van der Waals surface area contributed by atoms with E-state index in [4.69, 9.17) is 4.74 Å². The molecule has 4 nitrogen and oxygen atoms in total. The second-order valence-corrected chi connectivity index (χ2v) is 4.14. The van der Waals surface area contributed by atoms with Crippen LogP contribution in [0.2, 0.25) is 0 Å². The van der Waals surface area contributed by atoms with Crippen LogP contribution in [0.15, 0.2) is 6.07 Å². The van der Waals surface area contributed by atoms with Gasteiger partial charge in [-0.05, 0) is 32.8 Å². The van der Waals surface area contributed by atoms with Gasteiger partial charge in [0, 0.05) is 31.9 Å². The van der Waals surface area contributed by atoms with Crippen LogP contribution in [0.25, 0.3) is 0 Å². The molecule has 4 heteroatoms. The van der Waals surface area contributed by atoms with Gasteiger partial charge in [-0.3, -0.25) is 4.68 Å². The molecule has 0 saturated carbocycles. The predicted molar refractivity (Wildman–Crippen MR) is 68.1 cm³/mol. The molecule has 0 amide bonds. The van der Waals surface area contributed by atoms with E-state index < -0.39 is 0 Å². The fourth-order valence-corrected chi connectivity index (χ4v) is 1.83. The van der Waals surface area contributed by atoms with Crippen molar-refractivity contribution >= 4 is 0 Å². The Morgan fingerprint density at radius 3 is 2.76 bits per heavy atom. The fourth-order valence-electron chi connectivity index (χ4n) is 1.83. The van der Waals surface area contributed by atoms with Crippen LogP contribution in [0.1, 0.15) is 38.6 Å². The minimum absolute atomic E-state index is 0.340. The van der Waals surface area contributed by atoms with Crippen molar-refractivity contribution < 1.29 is 9.84 Å². The van der Waals surface area contributed by atoms with Crippen LogP contribution in [0, 0.1) is 0 Å². The van der Waals surface area contributed by atoms with Gasteiger partial charge in [0.25, 0.3) is 0 Å². The van der Waals surface area contributed by atoms with Gasteiger partial charge in [0.2, 0.25) is 0 Å². The van der Waals surface area contributed by atoms with Gasteiger partial charge >= 0.3 is 0 Å². The van der Waals surface area contributed by atoms with E-state index in [0.717, 1.165) is 24.4 Å². The van der Waals surface area contributed by atoms with Crippen LogP contribution in [0.3, 0.4) is 0 Å². The first kappa shape index (κ1) is 14.2. The Labute approximate surface area is 104 Å². The molecule has 1 aromatic rings. The third-order valence-corrected chi connectivity index (χ3v) is 2.82. The lowest BCUT2D eigenvalue weighted by molar-refractivity contribution is 0.0877. The van der Waals surface area contributed by atoms with Gasteiger partial charge in [-0.1, -0.05) is 6.92 Å². The van der Waals surface area contributed by atoms with E-state index >= 15 is 0 Å². The largest absolute Gasteiger partial charge is 0.393 e. The molecule has 0 spiro atoms. The maximum absolute atomic E-state index is 9.91. The first-order valence-electron chi connectivity index (χ1n) is 6.52. The number of aromatic nitrogens is 2. The third kappa shape index (κ3) is 4.48. The van der Waals surface area contributed by atoms with E-state index in [1.807, 2.05) is 11.6 Å². The molecule has 1 atom stereocenters. The summed E-state index contributed by atoms with van der Waals surface area (Å²) in [4.78, 5) is 0.